The van der Waals surface area contributed by atoms with Gasteiger partial charge in [-0.2, -0.15) is 0 Å². The lowest BCUT2D eigenvalue weighted by Crippen LogP contribution is -2.25. The van der Waals surface area contributed by atoms with E-state index in [0.29, 0.717) is 12.1 Å². The van der Waals surface area contributed by atoms with E-state index in [4.69, 9.17) is 0 Å². The summed E-state index contributed by atoms with van der Waals surface area (Å²) >= 11 is 3.27. The fourth-order valence-corrected chi connectivity index (χ4v) is 1.20. The number of aromatic amines is 1. The number of aromatic nitrogens is 1. The average Bonchev–Trinajstić information content (AvgIpc) is 2.19. The molecule has 0 bridgehead atoms. The summed E-state index contributed by atoms with van der Waals surface area (Å²) in [5.74, 6) is -0.165. The van der Waals surface area contributed by atoms with Crippen LogP contribution in [-0.2, 0) is 0 Å². The molecule has 0 aromatic carbocycles. The highest BCUT2D eigenvalue weighted by Gasteiger charge is 2.03. The van der Waals surface area contributed by atoms with Gasteiger partial charge in [-0.05, 0) is 12.5 Å². The van der Waals surface area contributed by atoms with Crippen LogP contribution in [0.4, 0.5) is 0 Å². The van der Waals surface area contributed by atoms with Gasteiger partial charge in [0.15, 0.2) is 0 Å². The summed E-state index contributed by atoms with van der Waals surface area (Å²) in [4.78, 5) is 24.5. The first-order valence-corrected chi connectivity index (χ1v) is 5.39. The second-order valence-corrected chi connectivity index (χ2v) is 3.53. The molecular weight excluding hydrogens is 248 g/mol. The predicted octanol–water partition coefficient (Wildman–Crippen LogP) is 0.890. The van der Waals surface area contributed by atoms with Crippen LogP contribution in [0, 0.1) is 0 Å². The van der Waals surface area contributed by atoms with Crippen LogP contribution in [0.25, 0.3) is 0 Å². The highest BCUT2D eigenvalue weighted by atomic mass is 79.9. The number of carbonyl (C=O) groups is 1. The maximum absolute atomic E-state index is 11.4. The molecular formula is C9H11BrN2O2. The molecule has 0 aliphatic carbocycles. The van der Waals surface area contributed by atoms with Gasteiger partial charge < -0.3 is 10.3 Å². The van der Waals surface area contributed by atoms with Crippen LogP contribution < -0.4 is 10.9 Å². The Morgan fingerprint density at radius 2 is 2.29 bits per heavy atom. The smallest absolute Gasteiger partial charge is 0.252 e. The second-order valence-electron chi connectivity index (χ2n) is 2.74. The molecule has 5 heteroatoms. The number of hydrogen-bond donors (Lipinski definition) is 2. The fourth-order valence-electron chi connectivity index (χ4n) is 0.923. The topological polar surface area (TPSA) is 62.0 Å². The van der Waals surface area contributed by atoms with E-state index in [9.17, 15) is 9.59 Å². The van der Waals surface area contributed by atoms with Crippen molar-refractivity contribution < 1.29 is 4.79 Å². The molecule has 0 spiro atoms. The van der Waals surface area contributed by atoms with Crippen molar-refractivity contribution in [1.82, 2.24) is 10.3 Å². The number of halogens is 1. The van der Waals surface area contributed by atoms with Crippen molar-refractivity contribution in [3.8, 4) is 0 Å². The normalized spacial score (nSPS) is 9.79. The number of carbonyl (C=O) groups excluding carboxylic acids is 1. The molecule has 4 nitrogen and oxygen atoms in total. The van der Waals surface area contributed by atoms with Gasteiger partial charge in [0.1, 0.15) is 0 Å². The lowest BCUT2D eigenvalue weighted by atomic mass is 10.2. The Kier molecular flexibility index (Phi) is 4.39. The molecule has 76 valence electrons. The van der Waals surface area contributed by atoms with E-state index >= 15 is 0 Å². The fraction of sp³-hybridized carbons (Fsp3) is 0.333. The maximum atomic E-state index is 11.4. The molecule has 1 aromatic rings. The SMILES string of the molecule is O=C(NCCCBr)c1ccc(=O)[nH]c1. The Labute approximate surface area is 89.9 Å². The number of amides is 1. The number of alkyl halides is 1. The number of rotatable bonds is 4. The van der Waals surface area contributed by atoms with Gasteiger partial charge >= 0.3 is 0 Å². The third-order valence-electron chi connectivity index (χ3n) is 1.64. The third-order valence-corrected chi connectivity index (χ3v) is 2.20. The van der Waals surface area contributed by atoms with Crippen molar-refractivity contribution >= 4 is 21.8 Å². The van der Waals surface area contributed by atoms with E-state index in [0.717, 1.165) is 11.8 Å². The number of hydrogen-bond acceptors (Lipinski definition) is 2. The average molecular weight is 259 g/mol. The summed E-state index contributed by atoms with van der Waals surface area (Å²) in [6.45, 7) is 0.628. The minimum atomic E-state index is -0.206. The van der Waals surface area contributed by atoms with Crippen molar-refractivity contribution in [2.75, 3.05) is 11.9 Å². The Hall–Kier alpha value is -1.10. The largest absolute Gasteiger partial charge is 0.352 e. The van der Waals surface area contributed by atoms with Gasteiger partial charge in [0, 0.05) is 24.1 Å². The second kappa shape index (κ2) is 5.59. The van der Waals surface area contributed by atoms with Crippen LogP contribution in [0.2, 0.25) is 0 Å². The van der Waals surface area contributed by atoms with Gasteiger partial charge in [-0.25, -0.2) is 0 Å². The maximum Gasteiger partial charge on any atom is 0.252 e. The molecule has 0 aliphatic rings. The zero-order valence-corrected chi connectivity index (χ0v) is 9.13. The summed E-state index contributed by atoms with van der Waals surface area (Å²) in [6.07, 6.45) is 2.29. The van der Waals surface area contributed by atoms with Crippen molar-refractivity contribution in [3.63, 3.8) is 0 Å². The first-order valence-electron chi connectivity index (χ1n) is 4.27. The quantitative estimate of drug-likeness (QED) is 0.623. The van der Waals surface area contributed by atoms with E-state index in [-0.39, 0.29) is 11.5 Å². The Morgan fingerprint density at radius 1 is 1.50 bits per heavy atom. The van der Waals surface area contributed by atoms with Crippen molar-refractivity contribution in [2.24, 2.45) is 0 Å². The number of nitrogens with one attached hydrogen (secondary N) is 2. The van der Waals surface area contributed by atoms with Crippen LogP contribution in [0.15, 0.2) is 23.1 Å². The van der Waals surface area contributed by atoms with E-state index < -0.39 is 0 Å². The van der Waals surface area contributed by atoms with E-state index in [2.05, 4.69) is 26.2 Å². The molecule has 2 N–H and O–H groups in total. The molecule has 0 saturated heterocycles. The Bertz CT molecular complexity index is 342. The molecule has 1 amide bonds. The summed E-state index contributed by atoms with van der Waals surface area (Å²) in [7, 11) is 0. The minimum Gasteiger partial charge on any atom is -0.352 e. The summed E-state index contributed by atoms with van der Waals surface area (Å²) in [6, 6.07) is 2.84. The lowest BCUT2D eigenvalue weighted by Gasteiger charge is -2.02. The zero-order chi connectivity index (χ0) is 10.4. The van der Waals surface area contributed by atoms with Gasteiger partial charge in [-0.3, -0.25) is 9.59 Å². The summed E-state index contributed by atoms with van der Waals surface area (Å²) in [5, 5.41) is 3.59. The van der Waals surface area contributed by atoms with Gasteiger partial charge in [-0.15, -0.1) is 0 Å². The highest BCUT2D eigenvalue weighted by molar-refractivity contribution is 9.09. The van der Waals surface area contributed by atoms with Gasteiger partial charge in [-0.1, -0.05) is 15.9 Å². The molecule has 0 aliphatic heterocycles. The monoisotopic (exact) mass is 258 g/mol. The summed E-state index contributed by atoms with van der Waals surface area (Å²) in [5.41, 5.74) is 0.265. The Morgan fingerprint density at radius 3 is 2.86 bits per heavy atom. The van der Waals surface area contributed by atoms with E-state index in [1.807, 2.05) is 0 Å². The van der Waals surface area contributed by atoms with Crippen LogP contribution in [-0.4, -0.2) is 22.8 Å². The van der Waals surface area contributed by atoms with Crippen molar-refractivity contribution in [2.45, 2.75) is 6.42 Å². The predicted molar refractivity (Wildman–Crippen MR) is 57.8 cm³/mol. The summed E-state index contributed by atoms with van der Waals surface area (Å²) < 4.78 is 0. The first-order chi connectivity index (χ1) is 6.74. The number of H-pyrrole nitrogens is 1. The van der Waals surface area contributed by atoms with Gasteiger partial charge in [0.05, 0.1) is 5.56 Å². The molecule has 0 unspecified atom stereocenters. The van der Waals surface area contributed by atoms with Crippen LogP contribution in [0.1, 0.15) is 16.8 Å². The van der Waals surface area contributed by atoms with Crippen LogP contribution in [0.5, 0.6) is 0 Å². The van der Waals surface area contributed by atoms with E-state index in [1.54, 1.807) is 0 Å². The molecule has 14 heavy (non-hydrogen) atoms. The standard InChI is InChI=1S/C9H11BrN2O2/c10-4-1-5-11-9(14)7-2-3-8(13)12-6-7/h2-3,6H,1,4-5H2,(H,11,14)(H,12,13). The van der Waals surface area contributed by atoms with Crippen LogP contribution in [0.3, 0.4) is 0 Å². The molecule has 0 radical (unpaired) electrons. The molecule has 1 aromatic heterocycles. The van der Waals surface area contributed by atoms with Crippen LogP contribution >= 0.6 is 15.9 Å². The van der Waals surface area contributed by atoms with Crippen molar-refractivity contribution in [3.05, 3.63) is 34.2 Å². The molecule has 1 rings (SSSR count). The molecule has 0 fully saturated rings. The van der Waals surface area contributed by atoms with Gasteiger partial charge in [0.2, 0.25) is 5.56 Å². The number of pyridine rings is 1. The van der Waals surface area contributed by atoms with E-state index in [1.165, 1.54) is 18.3 Å². The molecule has 0 saturated carbocycles. The minimum absolute atomic E-state index is 0.165. The molecule has 0 atom stereocenters. The zero-order valence-electron chi connectivity index (χ0n) is 7.55. The lowest BCUT2D eigenvalue weighted by molar-refractivity contribution is 0.0953. The first kappa shape index (κ1) is 11.0. The third kappa shape index (κ3) is 3.33. The molecule has 1 heterocycles. The Balaban J connectivity index is 2.52. The highest BCUT2D eigenvalue weighted by Crippen LogP contribution is 1.93. The van der Waals surface area contributed by atoms with Crippen molar-refractivity contribution in [1.29, 1.82) is 0 Å². The van der Waals surface area contributed by atoms with Gasteiger partial charge in [0.25, 0.3) is 5.91 Å².